The van der Waals surface area contributed by atoms with Crippen LogP contribution in [-0.4, -0.2) is 5.11 Å². The lowest BCUT2D eigenvalue weighted by Gasteiger charge is -2.21. The van der Waals surface area contributed by atoms with Gasteiger partial charge in [0.15, 0.2) is 0 Å². The molecule has 1 atom stereocenters. The predicted octanol–water partition coefficient (Wildman–Crippen LogP) is 5.30. The third kappa shape index (κ3) is 3.63. The van der Waals surface area contributed by atoms with Crippen LogP contribution in [-0.2, 0) is 0 Å². The number of aliphatic hydroxyl groups excluding tert-OH is 1. The Balaban J connectivity index is 2.80. The normalized spacial score (nSPS) is 13.4. The van der Waals surface area contributed by atoms with Crippen LogP contribution >= 0.6 is 34.5 Å². The maximum absolute atomic E-state index is 10.3. The second-order valence-electron chi connectivity index (χ2n) is 4.06. The first-order chi connectivity index (χ1) is 7.60. The topological polar surface area (TPSA) is 20.2 Å². The Hall–Kier alpha value is 0.240. The maximum Gasteiger partial charge on any atom is 0.100 e. The van der Waals surface area contributed by atoms with Crippen LogP contribution in [0.2, 0.25) is 8.67 Å². The number of hydrogen-bond donors (Lipinski definition) is 1. The number of halogens is 2. The standard InChI is InChI=1S/C12H18Cl2OS/c1-3-5-8(6-4-2)11(15)9-7-10(13)16-12(9)14/h7-8,11,15H,3-6H2,1-2H3. The third-order valence-corrected chi connectivity index (χ3v) is 4.29. The lowest BCUT2D eigenvalue weighted by molar-refractivity contribution is 0.0969. The van der Waals surface area contributed by atoms with Crippen molar-refractivity contribution in [3.05, 3.63) is 20.3 Å². The number of thiophene rings is 1. The van der Waals surface area contributed by atoms with Crippen molar-refractivity contribution in [2.75, 3.05) is 0 Å². The summed E-state index contributed by atoms with van der Waals surface area (Å²) in [6, 6.07) is 1.79. The molecule has 0 aliphatic rings. The van der Waals surface area contributed by atoms with Crippen molar-refractivity contribution in [2.45, 2.75) is 45.6 Å². The summed E-state index contributed by atoms with van der Waals surface area (Å²) in [6.45, 7) is 4.27. The molecule has 0 aliphatic heterocycles. The highest BCUT2D eigenvalue weighted by atomic mass is 35.5. The Morgan fingerprint density at radius 2 is 1.81 bits per heavy atom. The molecular weight excluding hydrogens is 263 g/mol. The van der Waals surface area contributed by atoms with Crippen molar-refractivity contribution in [1.82, 2.24) is 0 Å². The molecule has 0 amide bonds. The summed E-state index contributed by atoms with van der Waals surface area (Å²) in [5.74, 6) is 0.290. The number of hydrogen-bond acceptors (Lipinski definition) is 2. The van der Waals surface area contributed by atoms with Crippen molar-refractivity contribution < 1.29 is 5.11 Å². The van der Waals surface area contributed by atoms with Crippen molar-refractivity contribution in [3.8, 4) is 0 Å². The van der Waals surface area contributed by atoms with E-state index in [1.54, 1.807) is 6.07 Å². The van der Waals surface area contributed by atoms with E-state index in [4.69, 9.17) is 23.2 Å². The minimum atomic E-state index is -0.476. The van der Waals surface area contributed by atoms with Crippen LogP contribution in [0.3, 0.4) is 0 Å². The highest BCUT2D eigenvalue weighted by Gasteiger charge is 2.23. The molecule has 0 bridgehead atoms. The molecule has 0 saturated heterocycles. The second kappa shape index (κ2) is 6.85. The fourth-order valence-electron chi connectivity index (χ4n) is 2.01. The Bertz CT molecular complexity index is 319. The molecule has 0 radical (unpaired) electrons. The molecule has 16 heavy (non-hydrogen) atoms. The van der Waals surface area contributed by atoms with Crippen LogP contribution in [0.1, 0.15) is 51.2 Å². The summed E-state index contributed by atoms with van der Waals surface area (Å²) in [5.41, 5.74) is 0.795. The Morgan fingerprint density at radius 3 is 2.19 bits per heavy atom. The van der Waals surface area contributed by atoms with Gasteiger partial charge in [-0.3, -0.25) is 0 Å². The highest BCUT2D eigenvalue weighted by Crippen LogP contribution is 2.39. The summed E-state index contributed by atoms with van der Waals surface area (Å²) in [6.07, 6.45) is 3.74. The van der Waals surface area contributed by atoms with E-state index in [1.807, 2.05) is 0 Å². The molecular formula is C12H18Cl2OS. The Labute approximate surface area is 111 Å². The van der Waals surface area contributed by atoms with Gasteiger partial charge in [0, 0.05) is 5.56 Å². The zero-order valence-electron chi connectivity index (χ0n) is 9.67. The van der Waals surface area contributed by atoms with E-state index in [2.05, 4.69) is 13.8 Å². The SMILES string of the molecule is CCCC(CCC)C(O)c1cc(Cl)sc1Cl. The summed E-state index contributed by atoms with van der Waals surface area (Å²) in [4.78, 5) is 0. The van der Waals surface area contributed by atoms with Crippen LogP contribution in [0.25, 0.3) is 0 Å². The van der Waals surface area contributed by atoms with Crippen molar-refractivity contribution in [3.63, 3.8) is 0 Å². The van der Waals surface area contributed by atoms with Crippen molar-refractivity contribution in [1.29, 1.82) is 0 Å². The molecule has 4 heteroatoms. The van der Waals surface area contributed by atoms with E-state index in [9.17, 15) is 5.11 Å². The minimum absolute atomic E-state index is 0.290. The van der Waals surface area contributed by atoms with Crippen LogP contribution < -0.4 is 0 Å². The monoisotopic (exact) mass is 280 g/mol. The fourth-order valence-corrected chi connectivity index (χ4v) is 3.55. The summed E-state index contributed by atoms with van der Waals surface area (Å²) in [7, 11) is 0. The molecule has 1 unspecified atom stereocenters. The molecule has 1 heterocycles. The molecule has 0 fully saturated rings. The van der Waals surface area contributed by atoms with Gasteiger partial charge in [-0.05, 0) is 24.8 Å². The van der Waals surface area contributed by atoms with Gasteiger partial charge in [0.05, 0.1) is 10.4 Å². The first kappa shape index (κ1) is 14.3. The lowest BCUT2D eigenvalue weighted by Crippen LogP contribution is -2.12. The zero-order valence-corrected chi connectivity index (χ0v) is 12.0. The molecule has 1 aromatic heterocycles. The van der Waals surface area contributed by atoms with E-state index in [-0.39, 0.29) is 5.92 Å². The van der Waals surface area contributed by atoms with E-state index < -0.39 is 6.10 Å². The third-order valence-electron chi connectivity index (χ3n) is 2.77. The van der Waals surface area contributed by atoms with Crippen LogP contribution in [0.15, 0.2) is 6.07 Å². The van der Waals surface area contributed by atoms with Crippen molar-refractivity contribution in [2.24, 2.45) is 5.92 Å². The van der Waals surface area contributed by atoms with E-state index in [1.165, 1.54) is 11.3 Å². The molecule has 0 aromatic carbocycles. The average molecular weight is 281 g/mol. The average Bonchev–Trinajstić information content (AvgIpc) is 2.56. The van der Waals surface area contributed by atoms with E-state index >= 15 is 0 Å². The molecule has 1 N–H and O–H groups in total. The highest BCUT2D eigenvalue weighted by molar-refractivity contribution is 7.20. The van der Waals surface area contributed by atoms with Gasteiger partial charge in [0.2, 0.25) is 0 Å². The molecule has 1 aromatic rings. The first-order valence-corrected chi connectivity index (χ1v) is 7.30. The van der Waals surface area contributed by atoms with Gasteiger partial charge in [0.25, 0.3) is 0 Å². The largest absolute Gasteiger partial charge is 0.388 e. The number of rotatable bonds is 6. The second-order valence-corrected chi connectivity index (χ2v) is 6.35. The van der Waals surface area contributed by atoms with E-state index in [0.717, 1.165) is 31.2 Å². The van der Waals surface area contributed by atoms with Gasteiger partial charge in [-0.2, -0.15) is 0 Å². The minimum Gasteiger partial charge on any atom is -0.388 e. The molecule has 92 valence electrons. The summed E-state index contributed by atoms with van der Waals surface area (Å²) >= 11 is 13.3. The van der Waals surface area contributed by atoms with Gasteiger partial charge < -0.3 is 5.11 Å². The van der Waals surface area contributed by atoms with Crippen LogP contribution in [0, 0.1) is 5.92 Å². The molecule has 0 aliphatic carbocycles. The lowest BCUT2D eigenvalue weighted by atomic mass is 9.89. The van der Waals surface area contributed by atoms with Gasteiger partial charge in [-0.1, -0.05) is 49.9 Å². The quantitative estimate of drug-likeness (QED) is 0.749. The maximum atomic E-state index is 10.3. The van der Waals surface area contributed by atoms with Gasteiger partial charge in [0.1, 0.15) is 4.34 Å². The Kier molecular flexibility index (Phi) is 6.12. The van der Waals surface area contributed by atoms with E-state index in [0.29, 0.717) is 8.67 Å². The van der Waals surface area contributed by atoms with Gasteiger partial charge >= 0.3 is 0 Å². The smallest absolute Gasteiger partial charge is 0.100 e. The zero-order chi connectivity index (χ0) is 12.1. The molecule has 0 saturated carbocycles. The summed E-state index contributed by atoms with van der Waals surface area (Å²) in [5, 5.41) is 10.3. The fraction of sp³-hybridized carbons (Fsp3) is 0.667. The summed E-state index contributed by atoms with van der Waals surface area (Å²) < 4.78 is 1.26. The van der Waals surface area contributed by atoms with Gasteiger partial charge in [-0.25, -0.2) is 0 Å². The van der Waals surface area contributed by atoms with Gasteiger partial charge in [-0.15, -0.1) is 11.3 Å². The Morgan fingerprint density at radius 1 is 1.25 bits per heavy atom. The predicted molar refractivity (Wildman–Crippen MR) is 72.6 cm³/mol. The van der Waals surface area contributed by atoms with Crippen LogP contribution in [0.4, 0.5) is 0 Å². The first-order valence-electron chi connectivity index (χ1n) is 5.72. The number of aliphatic hydroxyl groups is 1. The molecule has 0 spiro atoms. The molecule has 1 rings (SSSR count). The molecule has 1 nitrogen and oxygen atoms in total. The van der Waals surface area contributed by atoms with Crippen molar-refractivity contribution >= 4 is 34.5 Å². The van der Waals surface area contributed by atoms with Crippen LogP contribution in [0.5, 0.6) is 0 Å².